The van der Waals surface area contributed by atoms with Gasteiger partial charge in [0.05, 0.1) is 0 Å². The molecule has 64 valence electrons. The van der Waals surface area contributed by atoms with E-state index in [2.05, 4.69) is 5.32 Å². The number of hydrogen-bond donors (Lipinski definition) is 3. The Hall–Kier alpha value is -1.78. The van der Waals surface area contributed by atoms with Gasteiger partial charge in [-0.3, -0.25) is 0 Å². The van der Waals surface area contributed by atoms with Gasteiger partial charge in [-0.15, -0.1) is 0 Å². The summed E-state index contributed by atoms with van der Waals surface area (Å²) < 4.78 is 6.14. The number of nitrogen functional groups attached to an aromatic ring is 1. The second kappa shape index (κ2) is 2.10. The molecule has 0 aliphatic carbocycles. The summed E-state index contributed by atoms with van der Waals surface area (Å²) in [6.45, 7) is 0. The van der Waals surface area contributed by atoms with E-state index in [0.29, 0.717) is 17.0 Å². The predicted molar refractivity (Wildman–Crippen MR) is 45.3 cm³/mol. The van der Waals surface area contributed by atoms with E-state index in [1.807, 2.05) is 0 Å². The zero-order chi connectivity index (χ0) is 8.72. The fourth-order valence-corrected chi connectivity index (χ4v) is 1.12. The van der Waals surface area contributed by atoms with E-state index in [9.17, 15) is 5.21 Å². The molecular formula is C7H9N3O2. The fraction of sp³-hybridized carbons (Fsp3) is 0.143. The summed E-state index contributed by atoms with van der Waals surface area (Å²) in [5.74, 6) is 0.870. The lowest BCUT2D eigenvalue weighted by Crippen LogP contribution is -1.95. The third-order valence-electron chi connectivity index (χ3n) is 1.74. The minimum atomic E-state index is 0.270. The molecule has 0 bridgehead atoms. The summed E-state index contributed by atoms with van der Waals surface area (Å²) in [5.41, 5.74) is 6.56. The molecule has 0 unspecified atom stereocenters. The van der Waals surface area contributed by atoms with Gasteiger partial charge in [-0.05, 0) is 0 Å². The lowest BCUT2D eigenvalue weighted by Gasteiger charge is -1.92. The lowest BCUT2D eigenvalue weighted by molar-refractivity contribution is 0.206. The second-order valence-electron chi connectivity index (χ2n) is 2.49. The Kier molecular flexibility index (Phi) is 1.21. The topological polar surface area (TPSA) is 76.3 Å². The lowest BCUT2D eigenvalue weighted by atomic mass is 10.5. The minimum absolute atomic E-state index is 0.270. The molecule has 5 nitrogen and oxygen atoms in total. The Balaban J connectivity index is 2.71. The van der Waals surface area contributed by atoms with Crippen molar-refractivity contribution in [3.05, 3.63) is 12.1 Å². The molecule has 2 aromatic rings. The first-order valence-electron chi connectivity index (χ1n) is 3.50. The molecule has 0 aliphatic heterocycles. The van der Waals surface area contributed by atoms with Crippen molar-refractivity contribution in [1.82, 2.24) is 4.73 Å². The first-order valence-corrected chi connectivity index (χ1v) is 3.50. The number of nitrogens with zero attached hydrogens (tertiary/aromatic N) is 1. The molecule has 5 heteroatoms. The van der Waals surface area contributed by atoms with Crippen molar-refractivity contribution in [3.63, 3.8) is 0 Å². The molecule has 0 saturated carbocycles. The number of anilines is 2. The van der Waals surface area contributed by atoms with E-state index in [1.54, 1.807) is 19.2 Å². The largest absolute Gasteiger partial charge is 0.439 e. The number of rotatable bonds is 1. The normalized spacial score (nSPS) is 10.8. The smallest absolute Gasteiger partial charge is 0.195 e. The van der Waals surface area contributed by atoms with Crippen LogP contribution in [0.1, 0.15) is 0 Å². The van der Waals surface area contributed by atoms with Crippen LogP contribution in [0.15, 0.2) is 16.5 Å². The first kappa shape index (κ1) is 6.90. The molecule has 0 radical (unpaired) electrons. The van der Waals surface area contributed by atoms with E-state index >= 15 is 0 Å². The number of hydrogen-bond acceptors (Lipinski definition) is 4. The number of fused-ring (bicyclic) bond motifs is 1. The SMILES string of the molecule is CNc1cc2c(cc(N)n2O)o1. The standard InChI is InChI=1S/C7H9N3O2/c1-9-7-2-4-5(12-7)3-6(8)10(4)11/h2-3,9,11H,8H2,1H3. The van der Waals surface area contributed by atoms with Crippen LogP contribution in [0.4, 0.5) is 11.7 Å². The van der Waals surface area contributed by atoms with Gasteiger partial charge in [0.1, 0.15) is 11.3 Å². The molecule has 2 aromatic heterocycles. The van der Waals surface area contributed by atoms with Crippen LogP contribution in [-0.4, -0.2) is 17.0 Å². The quantitative estimate of drug-likeness (QED) is 0.556. The van der Waals surface area contributed by atoms with E-state index in [0.717, 1.165) is 4.73 Å². The van der Waals surface area contributed by atoms with Crippen molar-refractivity contribution in [3.8, 4) is 0 Å². The van der Waals surface area contributed by atoms with Crippen LogP contribution < -0.4 is 11.1 Å². The monoisotopic (exact) mass is 167 g/mol. The van der Waals surface area contributed by atoms with Gasteiger partial charge in [-0.2, -0.15) is 4.73 Å². The highest BCUT2D eigenvalue weighted by Gasteiger charge is 2.09. The Morgan fingerprint density at radius 1 is 1.58 bits per heavy atom. The van der Waals surface area contributed by atoms with Crippen LogP contribution in [0.5, 0.6) is 0 Å². The van der Waals surface area contributed by atoms with Crippen LogP contribution in [-0.2, 0) is 0 Å². The fourth-order valence-electron chi connectivity index (χ4n) is 1.12. The average Bonchev–Trinajstić information content (AvgIpc) is 2.55. The molecular weight excluding hydrogens is 158 g/mol. The summed E-state index contributed by atoms with van der Waals surface area (Å²) in [6.07, 6.45) is 0. The summed E-state index contributed by atoms with van der Waals surface area (Å²) in [7, 11) is 1.74. The van der Waals surface area contributed by atoms with Crippen LogP contribution in [0, 0.1) is 0 Å². The third kappa shape index (κ3) is 0.730. The van der Waals surface area contributed by atoms with E-state index in [4.69, 9.17) is 10.2 Å². The number of nitrogens with two attached hydrogens (primary N) is 1. The van der Waals surface area contributed by atoms with Crippen molar-refractivity contribution < 1.29 is 9.62 Å². The van der Waals surface area contributed by atoms with E-state index in [1.165, 1.54) is 0 Å². The van der Waals surface area contributed by atoms with Gasteiger partial charge in [-0.1, -0.05) is 0 Å². The van der Waals surface area contributed by atoms with Crippen molar-refractivity contribution in [2.24, 2.45) is 0 Å². The second-order valence-corrected chi connectivity index (χ2v) is 2.49. The van der Waals surface area contributed by atoms with Crippen LogP contribution in [0.2, 0.25) is 0 Å². The predicted octanol–water partition coefficient (Wildman–Crippen LogP) is 1.10. The molecule has 0 saturated heterocycles. The van der Waals surface area contributed by atoms with E-state index in [-0.39, 0.29) is 5.82 Å². The first-order chi connectivity index (χ1) is 5.72. The van der Waals surface area contributed by atoms with Gasteiger partial charge in [0.15, 0.2) is 11.5 Å². The highest BCUT2D eigenvalue weighted by molar-refractivity contribution is 5.81. The van der Waals surface area contributed by atoms with Gasteiger partial charge in [0.2, 0.25) is 0 Å². The number of nitrogens with one attached hydrogen (secondary N) is 1. The highest BCUT2D eigenvalue weighted by atomic mass is 16.5. The van der Waals surface area contributed by atoms with Crippen molar-refractivity contribution in [2.75, 3.05) is 18.1 Å². The number of furan rings is 1. The Morgan fingerprint density at radius 2 is 2.33 bits per heavy atom. The molecule has 0 spiro atoms. The van der Waals surface area contributed by atoms with Gasteiger partial charge >= 0.3 is 0 Å². The Bertz CT molecular complexity index is 415. The van der Waals surface area contributed by atoms with Crippen molar-refractivity contribution in [1.29, 1.82) is 0 Å². The molecule has 0 aliphatic rings. The van der Waals surface area contributed by atoms with Crippen LogP contribution in [0.25, 0.3) is 11.1 Å². The molecule has 4 N–H and O–H groups in total. The van der Waals surface area contributed by atoms with Gasteiger partial charge < -0.3 is 20.7 Å². The molecule has 2 rings (SSSR count). The molecule has 0 atom stereocenters. The summed E-state index contributed by atoms with van der Waals surface area (Å²) in [4.78, 5) is 0. The van der Waals surface area contributed by atoms with Gasteiger partial charge in [0.25, 0.3) is 0 Å². The third-order valence-corrected chi connectivity index (χ3v) is 1.74. The maximum Gasteiger partial charge on any atom is 0.195 e. The average molecular weight is 167 g/mol. The zero-order valence-corrected chi connectivity index (χ0v) is 6.53. The van der Waals surface area contributed by atoms with Crippen LogP contribution >= 0.6 is 0 Å². The Labute approximate surface area is 68.3 Å². The summed E-state index contributed by atoms with van der Waals surface area (Å²) in [5, 5.41) is 12.1. The molecule has 0 amide bonds. The highest BCUT2D eigenvalue weighted by Crippen LogP contribution is 2.26. The van der Waals surface area contributed by atoms with Crippen molar-refractivity contribution in [2.45, 2.75) is 0 Å². The minimum Gasteiger partial charge on any atom is -0.439 e. The molecule has 2 heterocycles. The zero-order valence-electron chi connectivity index (χ0n) is 6.53. The molecule has 0 fully saturated rings. The Morgan fingerprint density at radius 3 is 2.92 bits per heavy atom. The number of aromatic nitrogens is 1. The van der Waals surface area contributed by atoms with Gasteiger partial charge in [0, 0.05) is 19.2 Å². The summed E-state index contributed by atoms with van der Waals surface area (Å²) in [6, 6.07) is 3.24. The van der Waals surface area contributed by atoms with E-state index < -0.39 is 0 Å². The maximum absolute atomic E-state index is 9.31. The molecule has 0 aromatic carbocycles. The van der Waals surface area contributed by atoms with Crippen molar-refractivity contribution >= 4 is 22.8 Å². The maximum atomic E-state index is 9.31. The van der Waals surface area contributed by atoms with Gasteiger partial charge in [-0.25, -0.2) is 0 Å². The summed E-state index contributed by atoms with van der Waals surface area (Å²) >= 11 is 0. The van der Waals surface area contributed by atoms with Crippen LogP contribution in [0.3, 0.4) is 0 Å². The molecule has 12 heavy (non-hydrogen) atoms.